The number of carboxylic acid groups (broad SMARTS) is 1. The Balaban J connectivity index is 1.99. The van der Waals surface area contributed by atoms with Crippen molar-refractivity contribution in [2.45, 2.75) is 50.3 Å². The van der Waals surface area contributed by atoms with Crippen LogP contribution in [0.25, 0.3) is 0 Å². The molecule has 12 nitrogen and oxygen atoms in total. The van der Waals surface area contributed by atoms with Gasteiger partial charge in [0.05, 0.1) is 5.02 Å². The van der Waals surface area contributed by atoms with Crippen molar-refractivity contribution < 1.29 is 38.3 Å². The molecule has 3 N–H and O–H groups in total. The lowest BCUT2D eigenvalue weighted by atomic mass is 9.98. The first-order chi connectivity index (χ1) is 16.3. The minimum atomic E-state index is -3.08. The van der Waals surface area contributed by atoms with Gasteiger partial charge in [0.2, 0.25) is 0 Å². The number of ether oxygens (including phenoxy) is 2. The van der Waals surface area contributed by atoms with Gasteiger partial charge in [-0.3, -0.25) is 14.3 Å². The van der Waals surface area contributed by atoms with Crippen molar-refractivity contribution in [2.24, 2.45) is 4.74 Å². The van der Waals surface area contributed by atoms with Gasteiger partial charge >= 0.3 is 19.8 Å². The van der Waals surface area contributed by atoms with Crippen LogP contribution in [0.5, 0.6) is 5.75 Å². The molecule has 35 heavy (non-hydrogen) atoms. The average molecular weight is 554 g/mol. The molecule has 16 heteroatoms. The van der Waals surface area contributed by atoms with Gasteiger partial charge < -0.3 is 24.6 Å². The minimum absolute atomic E-state index is 0.0268. The largest absolute Gasteiger partial charge is 0.583 e. The SMILES string of the molecule is C[C@H](N=[P+]([O-])OC(Oc1ccc(Cl)cc1Cl)[C@@H]1O[C@@H](n2ccc(=O)[nH]c2=O)[C@](C)(F)[C@@H]1O)C(=O)O. The van der Waals surface area contributed by atoms with Crippen molar-refractivity contribution in [3.8, 4) is 5.75 Å². The quantitative estimate of drug-likeness (QED) is 0.323. The molecule has 1 aliphatic heterocycles. The maximum absolute atomic E-state index is 15.6. The second kappa shape index (κ2) is 10.7. The second-order valence-corrected chi connectivity index (χ2v) is 9.36. The van der Waals surface area contributed by atoms with E-state index in [2.05, 4.69) is 4.74 Å². The van der Waals surface area contributed by atoms with E-state index in [9.17, 15) is 24.4 Å². The van der Waals surface area contributed by atoms with Crippen molar-refractivity contribution in [3.63, 3.8) is 0 Å². The number of halogens is 3. The van der Waals surface area contributed by atoms with Gasteiger partial charge in [0.25, 0.3) is 11.8 Å². The molecule has 7 atom stereocenters. The fourth-order valence-corrected chi connectivity index (χ4v) is 4.37. The molecule has 1 saturated heterocycles. The molecule has 2 heterocycles. The maximum Gasteiger partial charge on any atom is 0.346 e. The van der Waals surface area contributed by atoms with Crippen molar-refractivity contribution in [1.29, 1.82) is 0 Å². The molecule has 0 aliphatic carbocycles. The van der Waals surface area contributed by atoms with Gasteiger partial charge in [0, 0.05) is 17.3 Å². The Morgan fingerprint density at radius 1 is 1.40 bits per heavy atom. The van der Waals surface area contributed by atoms with Gasteiger partial charge in [-0.2, -0.15) is 0 Å². The third-order valence-electron chi connectivity index (χ3n) is 4.99. The highest BCUT2D eigenvalue weighted by molar-refractivity contribution is 7.33. The number of aliphatic hydroxyl groups excluding tert-OH is 1. The molecule has 0 radical (unpaired) electrons. The number of nitrogens with zero attached hydrogens (tertiary/aromatic N) is 2. The van der Waals surface area contributed by atoms with E-state index in [0.29, 0.717) is 4.57 Å². The van der Waals surface area contributed by atoms with E-state index in [1.807, 2.05) is 4.98 Å². The van der Waals surface area contributed by atoms with Gasteiger partial charge in [-0.05, 0) is 32.0 Å². The van der Waals surface area contributed by atoms with E-state index in [1.165, 1.54) is 18.2 Å². The number of nitrogens with one attached hydrogen (secondary N) is 1. The van der Waals surface area contributed by atoms with E-state index in [-0.39, 0.29) is 15.8 Å². The molecule has 1 aromatic carbocycles. The van der Waals surface area contributed by atoms with E-state index in [0.717, 1.165) is 26.1 Å². The summed E-state index contributed by atoms with van der Waals surface area (Å²) in [4.78, 5) is 48.9. The van der Waals surface area contributed by atoms with Gasteiger partial charge in [-0.25, -0.2) is 14.0 Å². The van der Waals surface area contributed by atoms with Crippen molar-refractivity contribution >= 4 is 37.3 Å². The van der Waals surface area contributed by atoms with E-state index < -0.39 is 61.8 Å². The number of hydrogen-bond acceptors (Lipinski definition) is 9. The van der Waals surface area contributed by atoms with E-state index >= 15 is 4.39 Å². The monoisotopic (exact) mass is 553 g/mol. The third-order valence-corrected chi connectivity index (χ3v) is 6.44. The Labute approximate surface area is 207 Å². The predicted octanol–water partition coefficient (Wildman–Crippen LogP) is 1.58. The number of H-pyrrole nitrogens is 1. The summed E-state index contributed by atoms with van der Waals surface area (Å²) in [6.07, 6.45) is -6.40. The highest BCUT2D eigenvalue weighted by atomic mass is 35.5. The van der Waals surface area contributed by atoms with Gasteiger partial charge in [-0.1, -0.05) is 27.9 Å². The molecular formula is C19H19Cl2FN3O9P. The Hall–Kier alpha value is -2.38. The molecule has 1 aliphatic rings. The molecule has 3 rings (SSSR count). The Bertz CT molecular complexity index is 1250. The average Bonchev–Trinajstić information content (AvgIpc) is 2.98. The maximum atomic E-state index is 15.6. The number of aromatic amines is 1. The fraction of sp³-hybridized carbons (Fsp3) is 0.421. The fourth-order valence-electron chi connectivity index (χ4n) is 3.14. The summed E-state index contributed by atoms with van der Waals surface area (Å²) in [5.74, 6) is -1.47. The first kappa shape index (κ1) is 27.2. The van der Waals surface area contributed by atoms with Crippen LogP contribution in [-0.4, -0.2) is 55.9 Å². The summed E-state index contributed by atoms with van der Waals surface area (Å²) in [7, 11) is -3.08. The van der Waals surface area contributed by atoms with Crippen LogP contribution in [0.3, 0.4) is 0 Å². The first-order valence-electron chi connectivity index (χ1n) is 9.84. The molecule has 0 bridgehead atoms. The third kappa shape index (κ3) is 6.07. The molecular weight excluding hydrogens is 535 g/mol. The van der Waals surface area contributed by atoms with Gasteiger partial charge in [0.1, 0.15) is 11.9 Å². The summed E-state index contributed by atoms with van der Waals surface area (Å²) in [6.45, 7) is 2.08. The molecule has 1 aromatic heterocycles. The van der Waals surface area contributed by atoms with Crippen LogP contribution in [-0.2, 0) is 14.1 Å². The molecule has 0 amide bonds. The molecule has 0 spiro atoms. The predicted molar refractivity (Wildman–Crippen MR) is 119 cm³/mol. The van der Waals surface area contributed by atoms with Crippen LogP contribution in [0.15, 0.2) is 44.8 Å². The number of aromatic nitrogens is 2. The highest BCUT2D eigenvalue weighted by Crippen LogP contribution is 2.44. The lowest BCUT2D eigenvalue weighted by Gasteiger charge is -2.25. The van der Waals surface area contributed by atoms with Crippen LogP contribution < -0.4 is 20.9 Å². The number of aliphatic carboxylic acids is 1. The zero-order chi connectivity index (χ0) is 26.1. The van der Waals surface area contributed by atoms with Crippen LogP contribution >= 0.6 is 31.4 Å². The number of alkyl halides is 1. The summed E-state index contributed by atoms with van der Waals surface area (Å²) in [5, 5.41) is 19.9. The van der Waals surface area contributed by atoms with Gasteiger partial charge in [0.15, 0.2) is 24.0 Å². The summed E-state index contributed by atoms with van der Waals surface area (Å²) >= 11 is 12.0. The van der Waals surface area contributed by atoms with Crippen molar-refractivity contribution in [3.05, 3.63) is 61.3 Å². The number of rotatable bonds is 8. The van der Waals surface area contributed by atoms with Crippen LogP contribution in [0, 0.1) is 0 Å². The zero-order valence-electron chi connectivity index (χ0n) is 18.0. The van der Waals surface area contributed by atoms with Gasteiger partial charge in [-0.15, -0.1) is 4.52 Å². The molecule has 2 aromatic rings. The molecule has 2 unspecified atom stereocenters. The second-order valence-electron chi connectivity index (χ2n) is 7.60. The summed E-state index contributed by atoms with van der Waals surface area (Å²) in [6, 6.07) is 3.53. The Kier molecular flexibility index (Phi) is 8.32. The molecule has 1 fully saturated rings. The molecule has 0 saturated carbocycles. The number of hydrogen-bond donors (Lipinski definition) is 3. The Morgan fingerprint density at radius 2 is 2.09 bits per heavy atom. The van der Waals surface area contributed by atoms with Crippen molar-refractivity contribution in [1.82, 2.24) is 9.55 Å². The zero-order valence-corrected chi connectivity index (χ0v) is 20.4. The van der Waals surface area contributed by atoms with Crippen LogP contribution in [0.2, 0.25) is 10.0 Å². The highest BCUT2D eigenvalue weighted by Gasteiger charge is 2.59. The van der Waals surface area contributed by atoms with E-state index in [4.69, 9.17) is 42.3 Å². The van der Waals surface area contributed by atoms with Crippen molar-refractivity contribution in [2.75, 3.05) is 0 Å². The summed E-state index contributed by atoms with van der Waals surface area (Å²) in [5.41, 5.74) is -4.40. The lowest BCUT2D eigenvalue weighted by Crippen LogP contribution is -2.46. The smallest absolute Gasteiger partial charge is 0.346 e. The lowest BCUT2D eigenvalue weighted by molar-refractivity contribution is -0.206. The molecule has 190 valence electrons. The number of aliphatic hydroxyl groups is 1. The normalized spacial score (nSPS) is 26.4. The summed E-state index contributed by atoms with van der Waals surface area (Å²) < 4.78 is 36.1. The van der Waals surface area contributed by atoms with Crippen LogP contribution in [0.4, 0.5) is 4.39 Å². The minimum Gasteiger partial charge on any atom is -0.583 e. The Morgan fingerprint density at radius 3 is 2.69 bits per heavy atom. The number of benzene rings is 1. The number of carboxylic acids is 1. The first-order valence-corrected chi connectivity index (χ1v) is 11.7. The number of carbonyl (C=O) groups is 1. The topological polar surface area (TPSA) is 175 Å². The standard InChI is InChI=1S/C19H19Cl2FN3O9P/c1-8(15(28)29)24-35(31)34-16(32-11-4-3-9(20)7-10(11)21)13-14(27)19(2,22)17(33-13)25-6-5-12(26)23-18(25)30/h3-8,13-14,16-17,27H,1-2H3,(H,28,29)(H,23,26,30)/t8-,13+,14+,16?,17+,19+/m0/s1. The van der Waals surface area contributed by atoms with Crippen LogP contribution in [0.1, 0.15) is 20.1 Å². The van der Waals surface area contributed by atoms with E-state index in [1.54, 1.807) is 0 Å².